The highest BCUT2D eigenvalue weighted by molar-refractivity contribution is 5.82. The van der Waals surface area contributed by atoms with Crippen LogP contribution in [0.3, 0.4) is 0 Å². The van der Waals surface area contributed by atoms with Crippen molar-refractivity contribution >= 4 is 5.97 Å². The van der Waals surface area contributed by atoms with Gasteiger partial charge in [0, 0.05) is 5.92 Å². The molecule has 0 fully saturated rings. The maximum absolute atomic E-state index is 12.1. The highest BCUT2D eigenvalue weighted by atomic mass is 16.5. The molecule has 0 aliphatic rings. The third-order valence-electron chi connectivity index (χ3n) is 4.93. The standard InChI is InChI=1S/C24H24O2/c1-24(2,23(25)26-3)21-16-14-20(15-17-21)22(18-10-6-4-7-11-18)19-12-8-5-9-13-19/h4-17,22H,1-3H3. The molecule has 0 saturated carbocycles. The van der Waals surface area contributed by atoms with Gasteiger partial charge in [-0.05, 0) is 36.1 Å². The Morgan fingerprint density at radius 1 is 0.731 bits per heavy atom. The van der Waals surface area contributed by atoms with Crippen LogP contribution in [0.1, 0.15) is 42.0 Å². The predicted octanol–water partition coefficient (Wildman–Crippen LogP) is 5.32. The monoisotopic (exact) mass is 344 g/mol. The Bertz CT molecular complexity index is 810. The Balaban J connectivity index is 2.02. The molecule has 0 spiro atoms. The lowest BCUT2D eigenvalue weighted by atomic mass is 9.81. The van der Waals surface area contributed by atoms with Crippen LogP contribution in [0.4, 0.5) is 0 Å². The molecule has 0 radical (unpaired) electrons. The first kappa shape index (κ1) is 17.9. The van der Waals surface area contributed by atoms with Crippen LogP contribution in [-0.4, -0.2) is 13.1 Å². The molecule has 0 aliphatic carbocycles. The number of benzene rings is 3. The number of esters is 1. The molecule has 0 aromatic heterocycles. The van der Waals surface area contributed by atoms with Gasteiger partial charge in [0.05, 0.1) is 12.5 Å². The zero-order valence-electron chi connectivity index (χ0n) is 15.5. The second-order valence-corrected chi connectivity index (χ2v) is 6.99. The molecule has 0 N–H and O–H groups in total. The molecule has 0 amide bonds. The van der Waals surface area contributed by atoms with Gasteiger partial charge < -0.3 is 4.74 Å². The maximum Gasteiger partial charge on any atom is 0.315 e. The van der Waals surface area contributed by atoms with Crippen molar-refractivity contribution in [1.29, 1.82) is 0 Å². The first-order valence-corrected chi connectivity index (χ1v) is 8.83. The van der Waals surface area contributed by atoms with Gasteiger partial charge in [-0.2, -0.15) is 0 Å². The summed E-state index contributed by atoms with van der Waals surface area (Å²) in [5.74, 6) is -0.0689. The van der Waals surface area contributed by atoms with Crippen LogP contribution >= 0.6 is 0 Å². The molecule has 3 rings (SSSR count). The second-order valence-electron chi connectivity index (χ2n) is 6.99. The van der Waals surface area contributed by atoms with Crippen molar-refractivity contribution in [3.63, 3.8) is 0 Å². The molecule has 0 unspecified atom stereocenters. The van der Waals surface area contributed by atoms with Gasteiger partial charge in [0.2, 0.25) is 0 Å². The normalized spacial score (nSPS) is 11.4. The van der Waals surface area contributed by atoms with Gasteiger partial charge in [0.15, 0.2) is 0 Å². The van der Waals surface area contributed by atoms with Crippen LogP contribution in [0.2, 0.25) is 0 Å². The van der Waals surface area contributed by atoms with Gasteiger partial charge in [-0.1, -0.05) is 84.9 Å². The fourth-order valence-electron chi connectivity index (χ4n) is 3.33. The second kappa shape index (κ2) is 7.57. The van der Waals surface area contributed by atoms with E-state index >= 15 is 0 Å². The lowest BCUT2D eigenvalue weighted by Crippen LogP contribution is -2.30. The quantitative estimate of drug-likeness (QED) is 0.463. The predicted molar refractivity (Wildman–Crippen MR) is 105 cm³/mol. The number of hydrogen-bond acceptors (Lipinski definition) is 2. The lowest BCUT2D eigenvalue weighted by molar-refractivity contribution is -0.146. The molecule has 3 aromatic carbocycles. The van der Waals surface area contributed by atoms with Gasteiger partial charge in [0.25, 0.3) is 0 Å². The molecule has 0 heterocycles. The summed E-state index contributed by atoms with van der Waals surface area (Å²) in [5, 5.41) is 0. The average Bonchev–Trinajstić information content (AvgIpc) is 2.69. The van der Waals surface area contributed by atoms with Crippen LogP contribution in [0.25, 0.3) is 0 Å². The summed E-state index contributed by atoms with van der Waals surface area (Å²) < 4.78 is 4.95. The van der Waals surface area contributed by atoms with E-state index in [1.165, 1.54) is 23.8 Å². The Labute approximate surface area is 155 Å². The highest BCUT2D eigenvalue weighted by Crippen LogP contribution is 2.33. The molecule has 26 heavy (non-hydrogen) atoms. The van der Waals surface area contributed by atoms with Crippen molar-refractivity contribution in [2.24, 2.45) is 0 Å². The van der Waals surface area contributed by atoms with E-state index in [9.17, 15) is 4.79 Å². The number of rotatable bonds is 5. The highest BCUT2D eigenvalue weighted by Gasteiger charge is 2.31. The number of ether oxygens (including phenoxy) is 1. The van der Waals surface area contributed by atoms with E-state index in [0.717, 1.165) is 5.56 Å². The van der Waals surface area contributed by atoms with E-state index in [2.05, 4.69) is 60.7 Å². The van der Waals surface area contributed by atoms with Gasteiger partial charge in [0.1, 0.15) is 0 Å². The van der Waals surface area contributed by atoms with Crippen LogP contribution in [-0.2, 0) is 14.9 Å². The van der Waals surface area contributed by atoms with E-state index in [0.29, 0.717) is 0 Å². The molecule has 0 atom stereocenters. The minimum absolute atomic E-state index is 0.160. The van der Waals surface area contributed by atoms with Crippen molar-refractivity contribution in [2.45, 2.75) is 25.2 Å². The molecular formula is C24H24O2. The molecule has 132 valence electrons. The molecule has 2 heteroatoms. The molecule has 0 saturated heterocycles. The molecule has 2 nitrogen and oxygen atoms in total. The van der Waals surface area contributed by atoms with E-state index < -0.39 is 5.41 Å². The summed E-state index contributed by atoms with van der Waals surface area (Å²) in [4.78, 5) is 12.1. The van der Waals surface area contributed by atoms with Crippen molar-refractivity contribution in [1.82, 2.24) is 0 Å². The van der Waals surface area contributed by atoms with E-state index in [4.69, 9.17) is 4.74 Å². The Morgan fingerprint density at radius 2 is 1.15 bits per heavy atom. The first-order chi connectivity index (χ1) is 12.5. The Hall–Kier alpha value is -2.87. The van der Waals surface area contributed by atoms with Gasteiger partial charge >= 0.3 is 5.97 Å². The van der Waals surface area contributed by atoms with Crippen molar-refractivity contribution in [2.75, 3.05) is 7.11 Å². The summed E-state index contributed by atoms with van der Waals surface area (Å²) in [6.45, 7) is 3.78. The van der Waals surface area contributed by atoms with E-state index in [-0.39, 0.29) is 11.9 Å². The van der Waals surface area contributed by atoms with Crippen LogP contribution in [0.15, 0.2) is 84.9 Å². The Kier molecular flexibility index (Phi) is 5.22. The van der Waals surface area contributed by atoms with Gasteiger partial charge in [-0.25, -0.2) is 0 Å². The minimum atomic E-state index is -0.664. The minimum Gasteiger partial charge on any atom is -0.468 e. The van der Waals surface area contributed by atoms with Crippen LogP contribution in [0, 0.1) is 0 Å². The SMILES string of the molecule is COC(=O)C(C)(C)c1ccc(C(c2ccccc2)c2ccccc2)cc1. The zero-order chi connectivity index (χ0) is 18.6. The smallest absolute Gasteiger partial charge is 0.315 e. The molecular weight excluding hydrogens is 320 g/mol. The van der Waals surface area contributed by atoms with Gasteiger partial charge in [-0.3, -0.25) is 4.79 Å². The van der Waals surface area contributed by atoms with Crippen LogP contribution < -0.4 is 0 Å². The summed E-state index contributed by atoms with van der Waals surface area (Å²) >= 11 is 0. The summed E-state index contributed by atoms with van der Waals surface area (Å²) in [6.07, 6.45) is 0. The van der Waals surface area contributed by atoms with E-state index in [1.54, 1.807) is 0 Å². The topological polar surface area (TPSA) is 26.3 Å². The van der Waals surface area contributed by atoms with Crippen molar-refractivity contribution in [3.8, 4) is 0 Å². The average molecular weight is 344 g/mol. The molecule has 0 aliphatic heterocycles. The Morgan fingerprint density at radius 3 is 1.58 bits per heavy atom. The first-order valence-electron chi connectivity index (χ1n) is 8.83. The summed E-state index contributed by atoms with van der Waals surface area (Å²) in [5.41, 5.74) is 3.99. The zero-order valence-corrected chi connectivity index (χ0v) is 15.5. The van der Waals surface area contributed by atoms with E-state index in [1.807, 2.05) is 38.1 Å². The van der Waals surface area contributed by atoms with Crippen LogP contribution in [0.5, 0.6) is 0 Å². The number of hydrogen-bond donors (Lipinski definition) is 0. The summed E-state index contributed by atoms with van der Waals surface area (Å²) in [7, 11) is 1.43. The lowest BCUT2D eigenvalue weighted by Gasteiger charge is -2.24. The fraction of sp³-hybridized carbons (Fsp3) is 0.208. The number of carbonyl (C=O) groups is 1. The molecule has 0 bridgehead atoms. The van der Waals surface area contributed by atoms with Gasteiger partial charge in [-0.15, -0.1) is 0 Å². The third kappa shape index (κ3) is 3.55. The number of carbonyl (C=O) groups excluding carboxylic acids is 1. The van der Waals surface area contributed by atoms with Crippen molar-refractivity contribution in [3.05, 3.63) is 107 Å². The fourth-order valence-corrected chi connectivity index (χ4v) is 3.33. The third-order valence-corrected chi connectivity index (χ3v) is 4.93. The molecule has 3 aromatic rings. The maximum atomic E-state index is 12.1. The largest absolute Gasteiger partial charge is 0.468 e. The summed E-state index contributed by atoms with van der Waals surface area (Å²) in [6, 6.07) is 29.3. The number of methoxy groups -OCH3 is 1. The van der Waals surface area contributed by atoms with Crippen molar-refractivity contribution < 1.29 is 9.53 Å².